The van der Waals surface area contributed by atoms with Gasteiger partial charge in [0.15, 0.2) is 0 Å². The fourth-order valence-electron chi connectivity index (χ4n) is 2.30. The molecule has 1 saturated heterocycles. The largest absolute Gasteiger partial charge is 0.396 e. The molecule has 1 aliphatic rings. The van der Waals surface area contributed by atoms with Gasteiger partial charge in [-0.15, -0.1) is 0 Å². The van der Waals surface area contributed by atoms with Crippen LogP contribution in [0.25, 0.3) is 0 Å². The van der Waals surface area contributed by atoms with Crippen molar-refractivity contribution in [2.75, 3.05) is 13.7 Å². The summed E-state index contributed by atoms with van der Waals surface area (Å²) in [6, 6.07) is 7.40. The van der Waals surface area contributed by atoms with Crippen LogP contribution >= 0.6 is 11.6 Å². The van der Waals surface area contributed by atoms with E-state index in [1.165, 1.54) is 0 Å². The molecule has 0 bridgehead atoms. The molecular formula is C12H14ClNO2. The molecule has 1 N–H and O–H groups in total. The lowest BCUT2D eigenvalue weighted by Gasteiger charge is -2.24. The van der Waals surface area contributed by atoms with Crippen LogP contribution in [0, 0.1) is 5.92 Å². The summed E-state index contributed by atoms with van der Waals surface area (Å²) in [7, 11) is 1.77. The molecule has 0 aromatic heterocycles. The number of carbonyl (C=O) groups is 1. The van der Waals surface area contributed by atoms with Crippen LogP contribution in [-0.4, -0.2) is 29.6 Å². The van der Waals surface area contributed by atoms with Crippen molar-refractivity contribution in [3.63, 3.8) is 0 Å². The second-order valence-corrected chi connectivity index (χ2v) is 4.59. The van der Waals surface area contributed by atoms with Crippen molar-refractivity contribution < 1.29 is 9.90 Å². The average molecular weight is 240 g/mol. The molecule has 1 fully saturated rings. The Morgan fingerprint density at radius 3 is 2.94 bits per heavy atom. The molecule has 2 rings (SSSR count). The number of rotatable bonds is 2. The molecule has 1 aliphatic heterocycles. The van der Waals surface area contributed by atoms with Crippen LogP contribution in [0.5, 0.6) is 0 Å². The van der Waals surface area contributed by atoms with Gasteiger partial charge in [-0.05, 0) is 17.7 Å². The number of hydrogen-bond donors (Lipinski definition) is 1. The van der Waals surface area contributed by atoms with E-state index in [-0.39, 0.29) is 24.5 Å². The van der Waals surface area contributed by atoms with Gasteiger partial charge in [-0.25, -0.2) is 0 Å². The lowest BCUT2D eigenvalue weighted by Crippen LogP contribution is -2.25. The first kappa shape index (κ1) is 11.4. The predicted octanol–water partition coefficient (Wildman–Crippen LogP) is 1.85. The Labute approximate surface area is 99.6 Å². The number of carbonyl (C=O) groups excluding carboxylic acids is 1. The molecular weight excluding hydrogens is 226 g/mol. The molecule has 1 heterocycles. The Kier molecular flexibility index (Phi) is 3.17. The zero-order valence-electron chi connectivity index (χ0n) is 9.06. The number of aliphatic hydroxyl groups excluding tert-OH is 1. The van der Waals surface area contributed by atoms with E-state index in [1.807, 2.05) is 18.2 Å². The Balaban J connectivity index is 2.34. The minimum atomic E-state index is -0.0591. The van der Waals surface area contributed by atoms with Crippen molar-refractivity contribution >= 4 is 17.5 Å². The van der Waals surface area contributed by atoms with Crippen molar-refractivity contribution in [2.45, 2.75) is 12.5 Å². The van der Waals surface area contributed by atoms with Crippen LogP contribution in [0.1, 0.15) is 18.0 Å². The van der Waals surface area contributed by atoms with Gasteiger partial charge in [0, 0.05) is 31.0 Å². The number of nitrogens with zero attached hydrogens (tertiary/aromatic N) is 1. The molecule has 1 amide bonds. The third-order valence-corrected chi connectivity index (χ3v) is 3.35. The Morgan fingerprint density at radius 1 is 1.56 bits per heavy atom. The highest BCUT2D eigenvalue weighted by Gasteiger charge is 2.37. The number of hydrogen-bond acceptors (Lipinski definition) is 2. The van der Waals surface area contributed by atoms with E-state index in [0.29, 0.717) is 11.4 Å². The second-order valence-electron chi connectivity index (χ2n) is 4.15. The first-order valence-electron chi connectivity index (χ1n) is 5.25. The van der Waals surface area contributed by atoms with Crippen molar-refractivity contribution in [1.29, 1.82) is 0 Å². The zero-order valence-corrected chi connectivity index (χ0v) is 9.81. The summed E-state index contributed by atoms with van der Waals surface area (Å²) < 4.78 is 0. The smallest absolute Gasteiger partial charge is 0.223 e. The number of amides is 1. The predicted molar refractivity (Wildman–Crippen MR) is 62.2 cm³/mol. The first-order chi connectivity index (χ1) is 7.63. The molecule has 3 nitrogen and oxygen atoms in total. The Bertz CT molecular complexity index is 408. The topological polar surface area (TPSA) is 40.5 Å². The quantitative estimate of drug-likeness (QED) is 0.856. The van der Waals surface area contributed by atoms with Crippen LogP contribution in [0.2, 0.25) is 5.02 Å². The van der Waals surface area contributed by atoms with Gasteiger partial charge in [0.05, 0.1) is 6.04 Å². The summed E-state index contributed by atoms with van der Waals surface area (Å²) in [6.45, 7) is 0.0211. The van der Waals surface area contributed by atoms with Gasteiger partial charge < -0.3 is 10.0 Å². The average Bonchev–Trinajstić information content (AvgIpc) is 2.55. The van der Waals surface area contributed by atoms with Crippen molar-refractivity contribution in [3.05, 3.63) is 34.9 Å². The van der Waals surface area contributed by atoms with E-state index in [4.69, 9.17) is 11.6 Å². The van der Waals surface area contributed by atoms with Gasteiger partial charge in [-0.3, -0.25) is 4.79 Å². The maximum Gasteiger partial charge on any atom is 0.223 e. The molecule has 0 aliphatic carbocycles. The van der Waals surface area contributed by atoms with Crippen LogP contribution in [0.15, 0.2) is 24.3 Å². The SMILES string of the molecule is CN1C(=O)C[C@H](CO)[C@@H]1c1cccc(Cl)c1. The minimum Gasteiger partial charge on any atom is -0.396 e. The van der Waals surface area contributed by atoms with E-state index in [1.54, 1.807) is 18.0 Å². The molecule has 0 radical (unpaired) electrons. The van der Waals surface area contributed by atoms with Crippen LogP contribution in [0.4, 0.5) is 0 Å². The summed E-state index contributed by atoms with van der Waals surface area (Å²) in [5, 5.41) is 9.95. The normalized spacial score (nSPS) is 25.2. The van der Waals surface area contributed by atoms with Crippen LogP contribution in [-0.2, 0) is 4.79 Å². The van der Waals surface area contributed by atoms with Crippen LogP contribution in [0.3, 0.4) is 0 Å². The maximum absolute atomic E-state index is 11.6. The highest BCUT2D eigenvalue weighted by molar-refractivity contribution is 6.30. The van der Waals surface area contributed by atoms with Crippen molar-refractivity contribution in [2.24, 2.45) is 5.92 Å². The molecule has 0 unspecified atom stereocenters. The summed E-state index contributed by atoms with van der Waals surface area (Å²) in [5.74, 6) is 0.0417. The zero-order chi connectivity index (χ0) is 11.7. The second kappa shape index (κ2) is 4.44. The maximum atomic E-state index is 11.6. The fourth-order valence-corrected chi connectivity index (χ4v) is 2.50. The van der Waals surface area contributed by atoms with Crippen molar-refractivity contribution in [1.82, 2.24) is 4.90 Å². The number of aliphatic hydroxyl groups is 1. The molecule has 0 saturated carbocycles. The molecule has 4 heteroatoms. The third-order valence-electron chi connectivity index (χ3n) is 3.12. The van der Waals surface area contributed by atoms with Gasteiger partial charge >= 0.3 is 0 Å². The summed E-state index contributed by atoms with van der Waals surface area (Å²) in [4.78, 5) is 13.3. The summed E-state index contributed by atoms with van der Waals surface area (Å²) in [6.07, 6.45) is 0.407. The van der Waals surface area contributed by atoms with Gasteiger partial charge in [0.2, 0.25) is 5.91 Å². The van der Waals surface area contributed by atoms with Gasteiger partial charge in [-0.2, -0.15) is 0 Å². The minimum absolute atomic E-state index is 0.0211. The van der Waals surface area contributed by atoms with E-state index in [0.717, 1.165) is 5.56 Å². The van der Waals surface area contributed by atoms with Gasteiger partial charge in [0.25, 0.3) is 0 Å². The van der Waals surface area contributed by atoms with E-state index < -0.39 is 0 Å². The fraction of sp³-hybridized carbons (Fsp3) is 0.417. The Morgan fingerprint density at radius 2 is 2.31 bits per heavy atom. The Hall–Kier alpha value is -1.06. The highest BCUT2D eigenvalue weighted by Crippen LogP contribution is 2.37. The molecule has 1 aromatic carbocycles. The monoisotopic (exact) mass is 239 g/mol. The summed E-state index contributed by atoms with van der Waals surface area (Å²) >= 11 is 5.93. The van der Waals surface area contributed by atoms with Crippen LogP contribution < -0.4 is 0 Å². The van der Waals surface area contributed by atoms with E-state index >= 15 is 0 Å². The van der Waals surface area contributed by atoms with E-state index in [2.05, 4.69) is 0 Å². The lowest BCUT2D eigenvalue weighted by atomic mass is 9.94. The molecule has 86 valence electrons. The van der Waals surface area contributed by atoms with Crippen molar-refractivity contribution in [3.8, 4) is 0 Å². The van der Waals surface area contributed by atoms with Gasteiger partial charge in [-0.1, -0.05) is 23.7 Å². The molecule has 1 aromatic rings. The summed E-state index contributed by atoms with van der Waals surface area (Å²) in [5.41, 5.74) is 0.986. The number of benzene rings is 1. The first-order valence-corrected chi connectivity index (χ1v) is 5.63. The molecule has 2 atom stereocenters. The van der Waals surface area contributed by atoms with E-state index in [9.17, 15) is 9.90 Å². The highest BCUT2D eigenvalue weighted by atomic mass is 35.5. The standard InChI is InChI=1S/C12H14ClNO2/c1-14-11(16)6-9(7-15)12(14)8-3-2-4-10(13)5-8/h2-5,9,12,15H,6-7H2,1H3/t9-,12+/m1/s1. The molecule has 16 heavy (non-hydrogen) atoms. The number of halogens is 1. The molecule has 0 spiro atoms. The van der Waals surface area contributed by atoms with Gasteiger partial charge in [0.1, 0.15) is 0 Å². The third kappa shape index (κ3) is 1.93. The lowest BCUT2D eigenvalue weighted by molar-refractivity contribution is -0.127. The number of likely N-dealkylation sites (tertiary alicyclic amines) is 1.